The molecule has 0 amide bonds. The van der Waals surface area contributed by atoms with E-state index in [0.29, 0.717) is 18.1 Å². The summed E-state index contributed by atoms with van der Waals surface area (Å²) in [4.78, 5) is 7.92. The van der Waals surface area contributed by atoms with Crippen molar-refractivity contribution in [1.29, 1.82) is 0 Å². The molecule has 1 aromatic heterocycles. The smallest absolute Gasteiger partial charge is 0.307 e. The Morgan fingerprint density at radius 1 is 1.12 bits per heavy atom. The van der Waals surface area contributed by atoms with Gasteiger partial charge in [-0.15, -0.1) is 0 Å². The van der Waals surface area contributed by atoms with Crippen molar-refractivity contribution in [2.45, 2.75) is 38.0 Å². The van der Waals surface area contributed by atoms with Crippen LogP contribution < -0.4 is 5.32 Å². The van der Waals surface area contributed by atoms with Gasteiger partial charge < -0.3 is 5.32 Å². The minimum atomic E-state index is -4.37. The molecule has 0 spiro atoms. The Morgan fingerprint density at radius 3 is 2.50 bits per heavy atom. The van der Waals surface area contributed by atoms with Gasteiger partial charge >= 0.3 is 6.18 Å². The predicted molar refractivity (Wildman–Crippen MR) is 49.6 cm³/mol. The lowest BCUT2D eigenvalue weighted by Crippen LogP contribution is -2.15. The van der Waals surface area contributed by atoms with Crippen LogP contribution in [0.5, 0.6) is 0 Å². The normalized spacial score (nSPS) is 19.9. The molecule has 0 aromatic carbocycles. The first-order valence-electron chi connectivity index (χ1n) is 5.23. The molecule has 2 aliphatic rings. The van der Waals surface area contributed by atoms with Crippen molar-refractivity contribution in [2.24, 2.45) is 0 Å². The van der Waals surface area contributed by atoms with Gasteiger partial charge in [-0.25, -0.2) is 9.97 Å². The quantitative estimate of drug-likeness (QED) is 0.800. The van der Waals surface area contributed by atoms with Gasteiger partial charge in [0.2, 0.25) is 0 Å². The molecular formula is C10H10F3N3. The summed E-state index contributed by atoms with van der Waals surface area (Å²) in [6.45, 7) is 0.635. The lowest BCUT2D eigenvalue weighted by molar-refractivity contribution is -0.142. The van der Waals surface area contributed by atoms with Crippen LogP contribution in [-0.4, -0.2) is 9.97 Å². The Morgan fingerprint density at radius 2 is 1.88 bits per heavy atom. The summed E-state index contributed by atoms with van der Waals surface area (Å²) < 4.78 is 38.4. The fourth-order valence-corrected chi connectivity index (χ4v) is 1.95. The van der Waals surface area contributed by atoms with Crippen molar-refractivity contribution in [1.82, 2.24) is 15.3 Å². The molecule has 1 fully saturated rings. The van der Waals surface area contributed by atoms with Gasteiger partial charge in [0.05, 0.1) is 5.69 Å². The minimum Gasteiger partial charge on any atom is -0.307 e. The average molecular weight is 229 g/mol. The zero-order valence-corrected chi connectivity index (χ0v) is 8.43. The van der Waals surface area contributed by atoms with E-state index in [1.807, 2.05) is 0 Å². The molecule has 2 heterocycles. The number of alkyl halides is 3. The van der Waals surface area contributed by atoms with Gasteiger partial charge in [0.25, 0.3) is 0 Å². The minimum absolute atomic E-state index is 0.145. The van der Waals surface area contributed by atoms with Crippen LogP contribution in [0.4, 0.5) is 13.2 Å². The molecule has 0 atom stereocenters. The molecule has 3 nitrogen and oxygen atoms in total. The highest BCUT2D eigenvalue weighted by atomic mass is 19.4. The number of rotatable bonds is 1. The van der Waals surface area contributed by atoms with E-state index in [9.17, 15) is 13.2 Å². The first kappa shape index (κ1) is 10.0. The maximum atomic E-state index is 12.8. The van der Waals surface area contributed by atoms with E-state index < -0.39 is 11.9 Å². The van der Waals surface area contributed by atoms with E-state index in [0.717, 1.165) is 12.8 Å². The molecule has 16 heavy (non-hydrogen) atoms. The molecule has 86 valence electrons. The summed E-state index contributed by atoms with van der Waals surface area (Å²) in [5.74, 6) is 0.516. The maximum Gasteiger partial charge on any atom is 0.433 e. The van der Waals surface area contributed by atoms with Crippen molar-refractivity contribution in [3.05, 3.63) is 22.8 Å². The van der Waals surface area contributed by atoms with E-state index in [-0.39, 0.29) is 18.0 Å². The van der Waals surface area contributed by atoms with Crippen molar-refractivity contribution in [3.8, 4) is 0 Å². The molecule has 1 N–H and O–H groups in total. The van der Waals surface area contributed by atoms with Crippen LogP contribution in [0.3, 0.4) is 0 Å². The summed E-state index contributed by atoms with van der Waals surface area (Å²) in [5, 5.41) is 2.88. The molecule has 0 unspecified atom stereocenters. The fraction of sp³-hybridized carbons (Fsp3) is 0.600. The Hall–Kier alpha value is -1.17. The van der Waals surface area contributed by atoms with Crippen LogP contribution in [-0.2, 0) is 19.3 Å². The Balaban J connectivity index is 2.14. The number of fused-ring (bicyclic) bond motifs is 1. The van der Waals surface area contributed by atoms with Gasteiger partial charge in [0, 0.05) is 24.6 Å². The molecule has 1 aliphatic heterocycles. The van der Waals surface area contributed by atoms with Crippen LogP contribution in [0.15, 0.2) is 0 Å². The van der Waals surface area contributed by atoms with E-state index in [1.54, 1.807) is 0 Å². The van der Waals surface area contributed by atoms with Gasteiger partial charge in [0.15, 0.2) is 5.69 Å². The average Bonchev–Trinajstić information content (AvgIpc) is 2.94. The Bertz CT molecular complexity index is 438. The summed E-state index contributed by atoms with van der Waals surface area (Å²) in [6.07, 6.45) is -2.56. The first-order chi connectivity index (χ1) is 7.55. The molecule has 1 saturated carbocycles. The van der Waals surface area contributed by atoms with E-state index in [4.69, 9.17) is 0 Å². The van der Waals surface area contributed by atoms with Crippen molar-refractivity contribution in [3.63, 3.8) is 0 Å². The van der Waals surface area contributed by atoms with Crippen molar-refractivity contribution in [2.75, 3.05) is 0 Å². The standard InChI is InChI=1S/C10H10F3N3/c11-10(12,13)8-6-3-14-4-7(6)15-9(16-8)5-1-2-5/h5,14H,1-4H2. The summed E-state index contributed by atoms with van der Waals surface area (Å²) in [5.41, 5.74) is -0.00877. The van der Waals surface area contributed by atoms with Gasteiger partial charge in [-0.3, -0.25) is 0 Å². The van der Waals surface area contributed by atoms with Crippen molar-refractivity contribution >= 4 is 0 Å². The first-order valence-corrected chi connectivity index (χ1v) is 5.23. The fourth-order valence-electron chi connectivity index (χ4n) is 1.95. The number of aromatic nitrogens is 2. The molecule has 0 saturated heterocycles. The second-order valence-corrected chi connectivity index (χ2v) is 4.23. The summed E-state index contributed by atoms with van der Waals surface area (Å²) >= 11 is 0. The van der Waals surface area contributed by atoms with Crippen LogP contribution in [0, 0.1) is 0 Å². The number of hydrogen-bond acceptors (Lipinski definition) is 3. The van der Waals surface area contributed by atoms with Crippen LogP contribution >= 0.6 is 0 Å². The zero-order valence-electron chi connectivity index (χ0n) is 8.43. The lowest BCUT2D eigenvalue weighted by Gasteiger charge is -2.11. The number of nitrogens with zero attached hydrogens (tertiary/aromatic N) is 2. The second kappa shape index (κ2) is 3.16. The van der Waals surface area contributed by atoms with Gasteiger partial charge in [-0.05, 0) is 12.8 Å². The Kier molecular flexibility index (Phi) is 1.98. The highest BCUT2D eigenvalue weighted by molar-refractivity contribution is 5.32. The Labute approximate surface area is 90.1 Å². The third-order valence-electron chi connectivity index (χ3n) is 2.92. The largest absolute Gasteiger partial charge is 0.433 e. The molecule has 3 rings (SSSR count). The van der Waals surface area contributed by atoms with E-state index >= 15 is 0 Å². The predicted octanol–water partition coefficient (Wildman–Crippen LogP) is 1.98. The SMILES string of the molecule is FC(F)(F)c1nc(C2CC2)nc2c1CNC2. The zero-order chi connectivity index (χ0) is 11.3. The van der Waals surface area contributed by atoms with E-state index in [1.165, 1.54) is 0 Å². The lowest BCUT2D eigenvalue weighted by atomic mass is 10.1. The number of hydrogen-bond donors (Lipinski definition) is 1. The summed E-state index contributed by atoms with van der Waals surface area (Å²) in [7, 11) is 0. The van der Waals surface area contributed by atoms with Crippen LogP contribution in [0.25, 0.3) is 0 Å². The van der Waals surface area contributed by atoms with Crippen LogP contribution in [0.1, 0.15) is 41.5 Å². The monoisotopic (exact) mass is 229 g/mol. The van der Waals surface area contributed by atoms with Gasteiger partial charge in [-0.2, -0.15) is 13.2 Å². The summed E-state index contributed by atoms with van der Waals surface area (Å²) in [6, 6.07) is 0. The molecule has 0 radical (unpaired) electrons. The second-order valence-electron chi connectivity index (χ2n) is 4.23. The van der Waals surface area contributed by atoms with Crippen LogP contribution in [0.2, 0.25) is 0 Å². The van der Waals surface area contributed by atoms with Gasteiger partial charge in [0.1, 0.15) is 5.82 Å². The highest BCUT2D eigenvalue weighted by Crippen LogP contribution is 2.41. The van der Waals surface area contributed by atoms with E-state index in [2.05, 4.69) is 15.3 Å². The molecule has 6 heteroatoms. The number of nitrogens with one attached hydrogen (secondary N) is 1. The van der Waals surface area contributed by atoms with Crippen molar-refractivity contribution < 1.29 is 13.2 Å². The molecule has 0 bridgehead atoms. The highest BCUT2D eigenvalue weighted by Gasteiger charge is 2.40. The maximum absolute atomic E-state index is 12.8. The molecule has 1 aromatic rings. The molecular weight excluding hydrogens is 219 g/mol. The topological polar surface area (TPSA) is 37.8 Å². The third-order valence-corrected chi connectivity index (χ3v) is 2.92. The third kappa shape index (κ3) is 1.57. The number of halogens is 3. The molecule has 1 aliphatic carbocycles. The van der Waals surface area contributed by atoms with Gasteiger partial charge in [-0.1, -0.05) is 0 Å².